The van der Waals surface area contributed by atoms with Crippen molar-refractivity contribution in [1.82, 2.24) is 14.5 Å². The number of hydrogen-bond acceptors (Lipinski definition) is 5. The third kappa shape index (κ3) is 2.74. The Bertz CT molecular complexity index is 802. The Kier molecular flexibility index (Phi) is 4.34. The quantitative estimate of drug-likeness (QED) is 0.732. The smallest absolute Gasteiger partial charge is 0.293 e. The van der Waals surface area contributed by atoms with E-state index in [2.05, 4.69) is 18.0 Å². The van der Waals surface area contributed by atoms with Crippen LogP contribution in [-0.4, -0.2) is 59.8 Å². The lowest BCUT2D eigenvalue weighted by Gasteiger charge is -2.41. The minimum absolute atomic E-state index is 0.0988. The van der Waals surface area contributed by atoms with Crippen molar-refractivity contribution in [2.24, 2.45) is 18.4 Å². The summed E-state index contributed by atoms with van der Waals surface area (Å²) in [6, 6.07) is 0. The van der Waals surface area contributed by atoms with E-state index in [1.165, 1.54) is 10.1 Å². The topological polar surface area (TPSA) is 67.7 Å². The highest BCUT2D eigenvalue weighted by molar-refractivity contribution is 5.85. The van der Waals surface area contributed by atoms with Gasteiger partial charge in [0.25, 0.3) is 5.56 Å². The van der Waals surface area contributed by atoms with E-state index in [1.54, 1.807) is 19.4 Å². The van der Waals surface area contributed by atoms with Gasteiger partial charge in [0.05, 0.1) is 12.0 Å². The maximum absolute atomic E-state index is 13.5. The molecule has 2 unspecified atom stereocenters. The Hall–Kier alpha value is -2.15. The van der Waals surface area contributed by atoms with E-state index in [4.69, 9.17) is 4.74 Å². The van der Waals surface area contributed by atoms with Crippen molar-refractivity contribution < 1.29 is 9.53 Å². The Morgan fingerprint density at radius 1 is 1.42 bits per heavy atom. The maximum atomic E-state index is 13.5. The molecule has 0 N–H and O–H groups in total. The lowest BCUT2D eigenvalue weighted by molar-refractivity contribution is -0.150. The molecule has 4 heterocycles. The second-order valence-corrected chi connectivity index (χ2v) is 7.79. The molecule has 0 aromatic carbocycles. The summed E-state index contributed by atoms with van der Waals surface area (Å²) >= 11 is 0. The average molecular weight is 358 g/mol. The van der Waals surface area contributed by atoms with Crippen LogP contribution in [0.25, 0.3) is 0 Å². The number of carbonyl (C=O) groups excluding carboxylic acids is 1. The van der Waals surface area contributed by atoms with Crippen LogP contribution < -0.4 is 10.5 Å². The highest BCUT2D eigenvalue weighted by Gasteiger charge is 2.55. The fourth-order valence-electron chi connectivity index (χ4n) is 4.56. The number of ether oxygens (including phenoxy) is 1. The molecule has 1 amide bonds. The average Bonchev–Trinajstić information content (AvgIpc) is 3.04. The van der Waals surface area contributed by atoms with E-state index in [-0.39, 0.29) is 17.4 Å². The second kappa shape index (κ2) is 6.54. The third-order valence-corrected chi connectivity index (χ3v) is 6.05. The number of amides is 1. The first kappa shape index (κ1) is 17.3. The molecule has 0 radical (unpaired) electrons. The zero-order valence-corrected chi connectivity index (χ0v) is 15.5. The molecular weight excluding hydrogens is 332 g/mol. The predicted octanol–water partition coefficient (Wildman–Crippen LogP) is 0.802. The molecule has 2 fully saturated rings. The van der Waals surface area contributed by atoms with Gasteiger partial charge < -0.3 is 19.1 Å². The van der Waals surface area contributed by atoms with Crippen LogP contribution in [0, 0.1) is 11.3 Å². The Morgan fingerprint density at radius 2 is 2.27 bits per heavy atom. The molecule has 2 atom stereocenters. The summed E-state index contributed by atoms with van der Waals surface area (Å²) in [6.07, 6.45) is 7.13. The molecule has 3 aliphatic rings. The summed E-state index contributed by atoms with van der Waals surface area (Å²) in [5, 5.41) is 0. The molecule has 1 aromatic heterocycles. The molecule has 0 bridgehead atoms. The molecule has 0 saturated carbocycles. The van der Waals surface area contributed by atoms with Gasteiger partial charge in [0.2, 0.25) is 5.91 Å². The SMILES string of the molecule is CC1=CCCN(C(=O)C23CCOCC2CN(c2nccn(C)c2=O)C3)C1. The van der Waals surface area contributed by atoms with Gasteiger partial charge in [-0.2, -0.15) is 0 Å². The lowest BCUT2D eigenvalue weighted by atomic mass is 9.73. The number of aryl methyl sites for hydroxylation is 1. The van der Waals surface area contributed by atoms with Gasteiger partial charge in [0, 0.05) is 58.1 Å². The fraction of sp³-hybridized carbons (Fsp3) is 0.632. The van der Waals surface area contributed by atoms with Gasteiger partial charge in [-0.25, -0.2) is 4.98 Å². The first-order valence-electron chi connectivity index (χ1n) is 9.30. The Balaban J connectivity index is 1.65. The zero-order chi connectivity index (χ0) is 18.3. The van der Waals surface area contributed by atoms with E-state index < -0.39 is 5.41 Å². The van der Waals surface area contributed by atoms with E-state index in [1.807, 2.05) is 9.80 Å². The van der Waals surface area contributed by atoms with Gasteiger partial charge in [-0.05, 0) is 19.8 Å². The second-order valence-electron chi connectivity index (χ2n) is 7.79. The molecule has 1 aromatic rings. The van der Waals surface area contributed by atoms with Gasteiger partial charge in [-0.3, -0.25) is 9.59 Å². The molecule has 3 aliphatic heterocycles. The number of rotatable bonds is 2. The molecule has 7 heteroatoms. The minimum atomic E-state index is -0.474. The summed E-state index contributed by atoms with van der Waals surface area (Å²) in [7, 11) is 1.73. The van der Waals surface area contributed by atoms with Crippen LogP contribution in [0.1, 0.15) is 19.8 Å². The largest absolute Gasteiger partial charge is 0.381 e. The van der Waals surface area contributed by atoms with Crippen LogP contribution in [0.2, 0.25) is 0 Å². The molecule has 140 valence electrons. The highest BCUT2D eigenvalue weighted by atomic mass is 16.5. The number of carbonyl (C=O) groups is 1. The molecular formula is C19H26N4O3. The fourth-order valence-corrected chi connectivity index (χ4v) is 4.56. The van der Waals surface area contributed by atoms with Gasteiger partial charge in [0.1, 0.15) is 0 Å². The van der Waals surface area contributed by atoms with Crippen molar-refractivity contribution in [1.29, 1.82) is 0 Å². The summed E-state index contributed by atoms with van der Waals surface area (Å²) in [4.78, 5) is 34.3. The van der Waals surface area contributed by atoms with E-state index in [0.29, 0.717) is 45.1 Å². The molecule has 4 rings (SSSR count). The van der Waals surface area contributed by atoms with Gasteiger partial charge in [0.15, 0.2) is 5.82 Å². The van der Waals surface area contributed by atoms with E-state index in [9.17, 15) is 9.59 Å². The first-order valence-corrected chi connectivity index (χ1v) is 9.30. The standard InChI is InChI=1S/C19H26N4O3/c1-14-4-3-7-22(10-14)18(25)19-5-9-26-12-15(19)11-23(13-19)16-17(24)21(2)8-6-20-16/h4,6,8,15H,3,5,7,9-13H2,1-2H3. The summed E-state index contributed by atoms with van der Waals surface area (Å²) < 4.78 is 7.23. The molecule has 7 nitrogen and oxygen atoms in total. The van der Waals surface area contributed by atoms with Crippen LogP contribution in [0.4, 0.5) is 5.82 Å². The number of nitrogens with zero attached hydrogens (tertiary/aromatic N) is 4. The maximum Gasteiger partial charge on any atom is 0.293 e. The van der Waals surface area contributed by atoms with Crippen molar-refractivity contribution in [3.8, 4) is 0 Å². The third-order valence-electron chi connectivity index (χ3n) is 6.05. The van der Waals surface area contributed by atoms with Crippen molar-refractivity contribution in [3.05, 3.63) is 34.4 Å². The number of fused-ring (bicyclic) bond motifs is 1. The van der Waals surface area contributed by atoms with Crippen LogP contribution >= 0.6 is 0 Å². The predicted molar refractivity (Wildman–Crippen MR) is 98.0 cm³/mol. The molecule has 0 spiro atoms. The number of hydrogen-bond donors (Lipinski definition) is 0. The Morgan fingerprint density at radius 3 is 3.08 bits per heavy atom. The summed E-state index contributed by atoms with van der Waals surface area (Å²) in [5.74, 6) is 0.751. The molecule has 26 heavy (non-hydrogen) atoms. The summed E-state index contributed by atoms with van der Waals surface area (Å²) in [6.45, 7) is 5.91. The molecule has 0 aliphatic carbocycles. The van der Waals surface area contributed by atoms with Crippen LogP contribution in [-0.2, 0) is 16.6 Å². The number of anilines is 1. The normalized spacial score (nSPS) is 28.7. The van der Waals surface area contributed by atoms with Crippen molar-refractivity contribution in [2.75, 3.05) is 44.3 Å². The van der Waals surface area contributed by atoms with Crippen molar-refractivity contribution >= 4 is 11.7 Å². The zero-order valence-electron chi connectivity index (χ0n) is 15.5. The van der Waals surface area contributed by atoms with Crippen molar-refractivity contribution in [3.63, 3.8) is 0 Å². The van der Waals surface area contributed by atoms with Gasteiger partial charge >= 0.3 is 0 Å². The minimum Gasteiger partial charge on any atom is -0.381 e. The first-order chi connectivity index (χ1) is 12.5. The van der Waals surface area contributed by atoms with Crippen LogP contribution in [0.5, 0.6) is 0 Å². The monoisotopic (exact) mass is 358 g/mol. The Labute approximate surface area is 153 Å². The van der Waals surface area contributed by atoms with Crippen LogP contribution in [0.15, 0.2) is 28.8 Å². The van der Waals surface area contributed by atoms with E-state index >= 15 is 0 Å². The van der Waals surface area contributed by atoms with Crippen LogP contribution in [0.3, 0.4) is 0 Å². The lowest BCUT2D eigenvalue weighted by Crippen LogP contribution is -2.53. The van der Waals surface area contributed by atoms with Crippen molar-refractivity contribution in [2.45, 2.75) is 19.8 Å². The molecule has 2 saturated heterocycles. The summed E-state index contributed by atoms with van der Waals surface area (Å²) in [5.41, 5.74) is 0.655. The number of aromatic nitrogens is 2. The van der Waals surface area contributed by atoms with Gasteiger partial charge in [-0.1, -0.05) is 11.6 Å². The highest BCUT2D eigenvalue weighted by Crippen LogP contribution is 2.44. The van der Waals surface area contributed by atoms with Gasteiger partial charge in [-0.15, -0.1) is 0 Å². The van der Waals surface area contributed by atoms with E-state index in [0.717, 1.165) is 13.0 Å².